The minimum atomic E-state index is -0.991. The molecule has 3 nitrogen and oxygen atoms in total. The summed E-state index contributed by atoms with van der Waals surface area (Å²) in [5, 5.41) is 0. The second-order valence-electron chi connectivity index (χ2n) is 4.49. The summed E-state index contributed by atoms with van der Waals surface area (Å²) in [4.78, 5) is 12.2. The van der Waals surface area contributed by atoms with Crippen LogP contribution in [0.4, 0.5) is 8.78 Å². The van der Waals surface area contributed by atoms with Crippen LogP contribution in [0.2, 0.25) is 0 Å². The molecule has 1 aromatic carbocycles. The smallest absolute Gasteiger partial charge is 0.175 e. The molecule has 0 bridgehead atoms. The van der Waals surface area contributed by atoms with Crippen molar-refractivity contribution in [1.82, 2.24) is 0 Å². The summed E-state index contributed by atoms with van der Waals surface area (Å²) in [5.41, 5.74) is 4.52. The number of nitrogens with two attached hydrogens (primary N) is 1. The first-order valence-corrected chi connectivity index (χ1v) is 5.28. The summed E-state index contributed by atoms with van der Waals surface area (Å²) >= 11 is 0. The molecular formula is C12H13F2NO2. The van der Waals surface area contributed by atoms with E-state index in [1.54, 1.807) is 6.92 Å². The van der Waals surface area contributed by atoms with Crippen molar-refractivity contribution >= 4 is 5.78 Å². The molecule has 0 aromatic heterocycles. The van der Waals surface area contributed by atoms with Crippen LogP contribution in [0.3, 0.4) is 0 Å². The molecule has 2 N–H and O–H groups in total. The van der Waals surface area contributed by atoms with Crippen LogP contribution in [-0.4, -0.2) is 25.0 Å². The number of ether oxygens (including phenoxy) is 1. The lowest BCUT2D eigenvalue weighted by atomic mass is 9.78. The van der Waals surface area contributed by atoms with Crippen molar-refractivity contribution in [3.05, 3.63) is 35.4 Å². The Kier molecular flexibility index (Phi) is 2.97. The third kappa shape index (κ3) is 1.96. The molecule has 1 saturated heterocycles. The fraction of sp³-hybridized carbons (Fsp3) is 0.417. The Morgan fingerprint density at radius 2 is 2.24 bits per heavy atom. The summed E-state index contributed by atoms with van der Waals surface area (Å²) in [7, 11) is 0. The SMILES string of the molecule is CC1(C(=O)c2cc(F)ccc2F)COCC1N. The Labute approximate surface area is 97.6 Å². The number of Topliss-reactive ketones (excluding diaryl/α,β-unsaturated/α-hetero) is 1. The van der Waals surface area contributed by atoms with Crippen LogP contribution in [0.15, 0.2) is 18.2 Å². The van der Waals surface area contributed by atoms with Crippen molar-refractivity contribution in [3.63, 3.8) is 0 Å². The molecule has 0 amide bonds. The second kappa shape index (κ2) is 4.16. The van der Waals surface area contributed by atoms with Gasteiger partial charge < -0.3 is 10.5 Å². The Hall–Kier alpha value is -1.33. The predicted octanol–water partition coefficient (Wildman–Crippen LogP) is 1.51. The molecule has 1 fully saturated rings. The Morgan fingerprint density at radius 1 is 1.53 bits per heavy atom. The Bertz CT molecular complexity index is 464. The van der Waals surface area contributed by atoms with Gasteiger partial charge in [-0.1, -0.05) is 0 Å². The van der Waals surface area contributed by atoms with E-state index in [4.69, 9.17) is 10.5 Å². The van der Waals surface area contributed by atoms with Gasteiger partial charge in [0.2, 0.25) is 0 Å². The number of benzene rings is 1. The third-order valence-corrected chi connectivity index (χ3v) is 3.21. The maximum atomic E-state index is 13.5. The zero-order valence-corrected chi connectivity index (χ0v) is 9.37. The van der Waals surface area contributed by atoms with Crippen molar-refractivity contribution in [1.29, 1.82) is 0 Å². The first-order valence-electron chi connectivity index (χ1n) is 5.28. The van der Waals surface area contributed by atoms with Crippen LogP contribution in [0.1, 0.15) is 17.3 Å². The van der Waals surface area contributed by atoms with Crippen molar-refractivity contribution < 1.29 is 18.3 Å². The topological polar surface area (TPSA) is 52.3 Å². The summed E-state index contributed by atoms with van der Waals surface area (Å²) < 4.78 is 31.7. The fourth-order valence-corrected chi connectivity index (χ4v) is 1.90. The number of ketones is 1. The zero-order valence-electron chi connectivity index (χ0n) is 9.37. The maximum Gasteiger partial charge on any atom is 0.175 e. The highest BCUT2D eigenvalue weighted by molar-refractivity contribution is 6.01. The van der Waals surface area contributed by atoms with Crippen molar-refractivity contribution in [3.8, 4) is 0 Å². The van der Waals surface area contributed by atoms with Gasteiger partial charge in [0.25, 0.3) is 0 Å². The van der Waals surface area contributed by atoms with Gasteiger partial charge in [-0.2, -0.15) is 0 Å². The first kappa shape index (κ1) is 12.1. The third-order valence-electron chi connectivity index (χ3n) is 3.21. The highest BCUT2D eigenvalue weighted by Gasteiger charge is 2.45. The minimum Gasteiger partial charge on any atom is -0.379 e. The molecule has 1 aliphatic rings. The molecule has 2 unspecified atom stereocenters. The van der Waals surface area contributed by atoms with Gasteiger partial charge in [-0.25, -0.2) is 8.78 Å². The van der Waals surface area contributed by atoms with Crippen LogP contribution in [0.25, 0.3) is 0 Å². The molecular weight excluding hydrogens is 228 g/mol. The van der Waals surface area contributed by atoms with Crippen molar-refractivity contribution in [2.24, 2.45) is 11.1 Å². The summed E-state index contributed by atoms with van der Waals surface area (Å²) in [6.45, 7) is 1.99. The van der Waals surface area contributed by atoms with Crippen LogP contribution < -0.4 is 5.73 Å². The molecule has 1 heterocycles. The average Bonchev–Trinajstić information content (AvgIpc) is 2.63. The van der Waals surface area contributed by atoms with E-state index in [0.29, 0.717) is 0 Å². The normalized spacial score (nSPS) is 28.4. The Balaban J connectivity index is 2.40. The van der Waals surface area contributed by atoms with Gasteiger partial charge in [-0.15, -0.1) is 0 Å². The maximum absolute atomic E-state index is 13.5. The van der Waals surface area contributed by atoms with Crippen LogP contribution in [0.5, 0.6) is 0 Å². The van der Waals surface area contributed by atoms with Crippen molar-refractivity contribution in [2.75, 3.05) is 13.2 Å². The van der Waals surface area contributed by atoms with Gasteiger partial charge >= 0.3 is 0 Å². The van der Waals surface area contributed by atoms with Gasteiger partial charge in [0.1, 0.15) is 11.6 Å². The van der Waals surface area contributed by atoms with Crippen LogP contribution in [-0.2, 0) is 4.74 Å². The van der Waals surface area contributed by atoms with Gasteiger partial charge in [0.15, 0.2) is 5.78 Å². The molecule has 2 rings (SSSR count). The standard InChI is InChI=1S/C12H13F2NO2/c1-12(6-17-5-10(12)15)11(16)8-4-7(13)2-3-9(8)14/h2-4,10H,5-6,15H2,1H3. The molecule has 92 valence electrons. The molecule has 0 aliphatic carbocycles. The molecule has 1 aliphatic heterocycles. The number of rotatable bonds is 2. The molecule has 5 heteroatoms. The first-order chi connectivity index (χ1) is 7.95. The van der Waals surface area contributed by atoms with E-state index < -0.39 is 28.9 Å². The van der Waals surface area contributed by atoms with Gasteiger partial charge in [-0.3, -0.25) is 4.79 Å². The van der Waals surface area contributed by atoms with E-state index in [-0.39, 0.29) is 18.8 Å². The number of halogens is 2. The highest BCUT2D eigenvalue weighted by Crippen LogP contribution is 2.32. The monoisotopic (exact) mass is 241 g/mol. The lowest BCUT2D eigenvalue weighted by molar-refractivity contribution is 0.0763. The molecule has 17 heavy (non-hydrogen) atoms. The van der Waals surface area contributed by atoms with Gasteiger partial charge in [0.05, 0.1) is 24.2 Å². The zero-order chi connectivity index (χ0) is 12.6. The van der Waals surface area contributed by atoms with Gasteiger partial charge in [0, 0.05) is 6.04 Å². The molecule has 0 saturated carbocycles. The molecule has 2 atom stereocenters. The quantitative estimate of drug-likeness (QED) is 0.798. The number of hydrogen-bond donors (Lipinski definition) is 1. The van der Waals surface area contributed by atoms with E-state index in [2.05, 4.69) is 0 Å². The van der Waals surface area contributed by atoms with E-state index in [0.717, 1.165) is 18.2 Å². The second-order valence-corrected chi connectivity index (χ2v) is 4.49. The number of carbonyl (C=O) groups excluding carboxylic acids is 1. The summed E-state index contributed by atoms with van der Waals surface area (Å²) in [5.74, 6) is -1.90. The lowest BCUT2D eigenvalue weighted by Gasteiger charge is -2.25. The largest absolute Gasteiger partial charge is 0.379 e. The Morgan fingerprint density at radius 3 is 2.82 bits per heavy atom. The highest BCUT2D eigenvalue weighted by atomic mass is 19.1. The average molecular weight is 241 g/mol. The summed E-state index contributed by atoms with van der Waals surface area (Å²) in [6, 6.07) is 2.30. The molecule has 0 radical (unpaired) electrons. The number of carbonyl (C=O) groups is 1. The summed E-state index contributed by atoms with van der Waals surface area (Å²) in [6.07, 6.45) is 0. The van der Waals surface area contributed by atoms with Crippen LogP contribution in [0, 0.1) is 17.0 Å². The number of hydrogen-bond acceptors (Lipinski definition) is 3. The van der Waals surface area contributed by atoms with Crippen LogP contribution >= 0.6 is 0 Å². The van der Waals surface area contributed by atoms with E-state index >= 15 is 0 Å². The van der Waals surface area contributed by atoms with E-state index in [1.165, 1.54) is 0 Å². The lowest BCUT2D eigenvalue weighted by Crippen LogP contribution is -2.44. The predicted molar refractivity (Wildman–Crippen MR) is 57.6 cm³/mol. The van der Waals surface area contributed by atoms with Crippen molar-refractivity contribution in [2.45, 2.75) is 13.0 Å². The molecule has 0 spiro atoms. The van der Waals surface area contributed by atoms with E-state index in [9.17, 15) is 13.6 Å². The molecule has 1 aromatic rings. The minimum absolute atomic E-state index is 0.128. The van der Waals surface area contributed by atoms with Gasteiger partial charge in [-0.05, 0) is 25.1 Å². The fourth-order valence-electron chi connectivity index (χ4n) is 1.90. The van der Waals surface area contributed by atoms with E-state index in [1.807, 2.05) is 0 Å².